The van der Waals surface area contributed by atoms with Crippen LogP contribution in [0.1, 0.15) is 24.4 Å². The molecule has 25 heavy (non-hydrogen) atoms. The Morgan fingerprint density at radius 3 is 2.64 bits per heavy atom. The lowest BCUT2D eigenvalue weighted by Crippen LogP contribution is -2.56. The third kappa shape index (κ3) is 3.01. The number of alkyl halides is 2. The third-order valence-corrected chi connectivity index (χ3v) is 5.41. The van der Waals surface area contributed by atoms with Crippen molar-refractivity contribution in [3.05, 3.63) is 42.1 Å². The topological polar surface area (TPSA) is 45.4 Å². The molecule has 4 heterocycles. The molecule has 0 amide bonds. The molecule has 7 heteroatoms. The summed E-state index contributed by atoms with van der Waals surface area (Å²) >= 11 is 0. The molecule has 0 radical (unpaired) electrons. The molecule has 1 spiro atoms. The molecular weight excluding hydrogens is 326 g/mol. The molecule has 0 aromatic carbocycles. The molecule has 0 aliphatic carbocycles. The van der Waals surface area contributed by atoms with Crippen molar-refractivity contribution in [3.63, 3.8) is 0 Å². The SMILES string of the molecule is Cc1ccc(CN2CCC(F)(F)[C@]3(CCN(c4ncccn4)C3)C2)o1. The minimum Gasteiger partial charge on any atom is -0.465 e. The van der Waals surface area contributed by atoms with E-state index in [0.717, 1.165) is 11.5 Å². The summed E-state index contributed by atoms with van der Waals surface area (Å²) in [5, 5.41) is 0. The van der Waals surface area contributed by atoms with Crippen molar-refractivity contribution < 1.29 is 13.2 Å². The number of aromatic nitrogens is 2. The van der Waals surface area contributed by atoms with Gasteiger partial charge in [0.15, 0.2) is 0 Å². The molecule has 0 N–H and O–H groups in total. The van der Waals surface area contributed by atoms with Crippen molar-refractivity contribution in [2.45, 2.75) is 32.2 Å². The van der Waals surface area contributed by atoms with E-state index in [1.165, 1.54) is 0 Å². The van der Waals surface area contributed by atoms with Gasteiger partial charge in [0.05, 0.1) is 12.0 Å². The van der Waals surface area contributed by atoms with Gasteiger partial charge in [-0.3, -0.25) is 4.90 Å². The first-order valence-electron chi connectivity index (χ1n) is 8.65. The Hall–Kier alpha value is -2.02. The summed E-state index contributed by atoms with van der Waals surface area (Å²) in [6.07, 6.45) is 3.64. The van der Waals surface area contributed by atoms with Gasteiger partial charge in [-0.15, -0.1) is 0 Å². The number of hydrogen-bond acceptors (Lipinski definition) is 5. The van der Waals surface area contributed by atoms with Crippen molar-refractivity contribution in [2.24, 2.45) is 5.41 Å². The lowest BCUT2D eigenvalue weighted by Gasteiger charge is -2.45. The predicted octanol–water partition coefficient (Wildman–Crippen LogP) is 3.12. The lowest BCUT2D eigenvalue weighted by molar-refractivity contribution is -0.159. The van der Waals surface area contributed by atoms with Gasteiger partial charge in [0.1, 0.15) is 11.5 Å². The second kappa shape index (κ2) is 6.05. The third-order valence-electron chi connectivity index (χ3n) is 5.41. The Morgan fingerprint density at radius 1 is 1.12 bits per heavy atom. The van der Waals surface area contributed by atoms with Crippen molar-refractivity contribution >= 4 is 5.95 Å². The van der Waals surface area contributed by atoms with Gasteiger partial charge in [0.25, 0.3) is 5.92 Å². The number of likely N-dealkylation sites (tertiary alicyclic amines) is 1. The van der Waals surface area contributed by atoms with Gasteiger partial charge in [0, 0.05) is 45.0 Å². The standard InChI is InChI=1S/C18H22F2N4O/c1-14-3-4-15(25-14)11-23-9-6-18(19,20)17(12-23)5-10-24(13-17)16-21-7-2-8-22-16/h2-4,7-8H,5-6,9-13H2,1H3/t17-/m1/s1. The van der Waals surface area contributed by atoms with E-state index < -0.39 is 11.3 Å². The van der Waals surface area contributed by atoms with Crippen LogP contribution < -0.4 is 4.90 Å². The van der Waals surface area contributed by atoms with E-state index in [-0.39, 0.29) is 13.0 Å². The maximum Gasteiger partial charge on any atom is 0.257 e. The molecular formula is C18H22F2N4O. The summed E-state index contributed by atoms with van der Waals surface area (Å²) in [6.45, 7) is 4.07. The van der Waals surface area contributed by atoms with Crippen LogP contribution >= 0.6 is 0 Å². The molecule has 2 saturated heterocycles. The first kappa shape index (κ1) is 16.4. The molecule has 2 aliphatic heterocycles. The average molecular weight is 348 g/mol. The Labute approximate surface area is 145 Å². The molecule has 0 saturated carbocycles. The van der Waals surface area contributed by atoms with Crippen molar-refractivity contribution in [3.8, 4) is 0 Å². The summed E-state index contributed by atoms with van der Waals surface area (Å²) in [7, 11) is 0. The molecule has 0 unspecified atom stereocenters. The quantitative estimate of drug-likeness (QED) is 0.853. The summed E-state index contributed by atoms with van der Waals surface area (Å²) in [6, 6.07) is 5.57. The van der Waals surface area contributed by atoms with Crippen LogP contribution in [-0.4, -0.2) is 47.0 Å². The first-order chi connectivity index (χ1) is 12.0. The largest absolute Gasteiger partial charge is 0.465 e. The molecule has 0 bridgehead atoms. The van der Waals surface area contributed by atoms with Crippen LogP contribution in [0.5, 0.6) is 0 Å². The van der Waals surface area contributed by atoms with E-state index in [0.29, 0.717) is 38.5 Å². The smallest absolute Gasteiger partial charge is 0.257 e. The number of rotatable bonds is 3. The molecule has 2 fully saturated rings. The number of anilines is 1. The highest BCUT2D eigenvalue weighted by Crippen LogP contribution is 2.50. The average Bonchev–Trinajstić information content (AvgIpc) is 3.20. The summed E-state index contributed by atoms with van der Waals surface area (Å²) in [5.74, 6) is -0.458. The van der Waals surface area contributed by atoms with Crippen LogP contribution in [0.25, 0.3) is 0 Å². The minimum absolute atomic E-state index is 0.115. The summed E-state index contributed by atoms with van der Waals surface area (Å²) < 4.78 is 35.3. The maximum atomic E-state index is 14.9. The number of hydrogen-bond donors (Lipinski definition) is 0. The predicted molar refractivity (Wildman–Crippen MR) is 89.6 cm³/mol. The molecule has 2 aromatic heterocycles. The Balaban J connectivity index is 1.52. The molecule has 134 valence electrons. The van der Waals surface area contributed by atoms with Crippen LogP contribution in [0, 0.1) is 12.3 Å². The fourth-order valence-electron chi connectivity index (χ4n) is 4.04. The highest BCUT2D eigenvalue weighted by molar-refractivity contribution is 5.33. The van der Waals surface area contributed by atoms with Crippen LogP contribution in [0.4, 0.5) is 14.7 Å². The van der Waals surface area contributed by atoms with Gasteiger partial charge >= 0.3 is 0 Å². The van der Waals surface area contributed by atoms with E-state index in [1.807, 2.05) is 24.0 Å². The highest BCUT2D eigenvalue weighted by atomic mass is 19.3. The van der Waals surface area contributed by atoms with Crippen LogP contribution in [0.2, 0.25) is 0 Å². The van der Waals surface area contributed by atoms with E-state index in [4.69, 9.17) is 4.42 Å². The fraction of sp³-hybridized carbons (Fsp3) is 0.556. The zero-order valence-electron chi connectivity index (χ0n) is 14.3. The second-order valence-corrected chi connectivity index (χ2v) is 7.18. The number of halogens is 2. The maximum absolute atomic E-state index is 14.9. The highest BCUT2D eigenvalue weighted by Gasteiger charge is 2.59. The number of piperidine rings is 1. The summed E-state index contributed by atoms with van der Waals surface area (Å²) in [4.78, 5) is 12.4. The van der Waals surface area contributed by atoms with E-state index in [1.54, 1.807) is 18.5 Å². The van der Waals surface area contributed by atoms with E-state index >= 15 is 0 Å². The van der Waals surface area contributed by atoms with Gasteiger partial charge in [-0.25, -0.2) is 18.7 Å². The van der Waals surface area contributed by atoms with Gasteiger partial charge < -0.3 is 9.32 Å². The summed E-state index contributed by atoms with van der Waals surface area (Å²) in [5.41, 5.74) is -1.05. The lowest BCUT2D eigenvalue weighted by atomic mass is 9.75. The number of furan rings is 1. The Bertz CT molecular complexity index is 736. The van der Waals surface area contributed by atoms with E-state index in [9.17, 15) is 8.78 Å². The number of nitrogens with zero attached hydrogens (tertiary/aromatic N) is 4. The van der Waals surface area contributed by atoms with Crippen molar-refractivity contribution in [1.29, 1.82) is 0 Å². The molecule has 4 rings (SSSR count). The molecule has 2 aromatic rings. The van der Waals surface area contributed by atoms with Crippen LogP contribution in [0.3, 0.4) is 0 Å². The van der Waals surface area contributed by atoms with Gasteiger partial charge in [-0.05, 0) is 31.5 Å². The Morgan fingerprint density at radius 2 is 1.92 bits per heavy atom. The monoisotopic (exact) mass is 348 g/mol. The van der Waals surface area contributed by atoms with Crippen LogP contribution in [-0.2, 0) is 6.54 Å². The van der Waals surface area contributed by atoms with Gasteiger partial charge in [-0.1, -0.05) is 0 Å². The second-order valence-electron chi connectivity index (χ2n) is 7.18. The minimum atomic E-state index is -2.67. The van der Waals surface area contributed by atoms with Crippen LogP contribution in [0.15, 0.2) is 35.0 Å². The zero-order valence-corrected chi connectivity index (χ0v) is 14.3. The zero-order chi connectivity index (χ0) is 17.5. The number of aryl methyl sites for hydroxylation is 1. The molecule has 5 nitrogen and oxygen atoms in total. The Kier molecular flexibility index (Phi) is 3.98. The van der Waals surface area contributed by atoms with Crippen molar-refractivity contribution in [2.75, 3.05) is 31.1 Å². The molecule has 2 aliphatic rings. The van der Waals surface area contributed by atoms with Crippen molar-refractivity contribution in [1.82, 2.24) is 14.9 Å². The normalized spacial score (nSPS) is 26.4. The van der Waals surface area contributed by atoms with Gasteiger partial charge in [-0.2, -0.15) is 0 Å². The first-order valence-corrected chi connectivity index (χ1v) is 8.65. The van der Waals surface area contributed by atoms with Gasteiger partial charge in [0.2, 0.25) is 5.95 Å². The fourth-order valence-corrected chi connectivity index (χ4v) is 4.04. The van der Waals surface area contributed by atoms with E-state index in [2.05, 4.69) is 14.9 Å². The molecule has 1 atom stereocenters.